The van der Waals surface area contributed by atoms with Crippen molar-refractivity contribution in [3.8, 4) is 11.5 Å². The third-order valence-electron chi connectivity index (χ3n) is 4.91. The molecule has 1 aromatic heterocycles. The van der Waals surface area contributed by atoms with Gasteiger partial charge in [0.05, 0.1) is 6.61 Å². The van der Waals surface area contributed by atoms with Gasteiger partial charge >= 0.3 is 5.97 Å². The van der Waals surface area contributed by atoms with Crippen LogP contribution in [0.5, 0.6) is 11.5 Å². The van der Waals surface area contributed by atoms with Gasteiger partial charge in [-0.25, -0.2) is 4.98 Å². The maximum atomic E-state index is 6.09. The summed E-state index contributed by atoms with van der Waals surface area (Å²) in [5.41, 5.74) is 14.3. The number of ether oxygens (including phenoxy) is 4. The van der Waals surface area contributed by atoms with Crippen LogP contribution in [0.1, 0.15) is 29.5 Å². The summed E-state index contributed by atoms with van der Waals surface area (Å²) in [6.07, 6.45) is 8.22. The summed E-state index contributed by atoms with van der Waals surface area (Å²) < 4.78 is 22.9. The fraction of sp³-hybridized carbons (Fsp3) is 0.400. The number of nitrogens with two attached hydrogens (primary N) is 2. The Morgan fingerprint density at radius 1 is 1.21 bits per heavy atom. The quantitative estimate of drug-likeness (QED) is 0.699. The minimum absolute atomic E-state index is 0.159. The van der Waals surface area contributed by atoms with E-state index in [2.05, 4.69) is 9.97 Å². The number of nitrogen functional groups attached to an aromatic ring is 2. The zero-order valence-electron chi connectivity index (χ0n) is 16.0. The summed E-state index contributed by atoms with van der Waals surface area (Å²) in [4.78, 5) is 8.07. The first-order valence-electron chi connectivity index (χ1n) is 9.17. The average Bonchev–Trinajstić information content (AvgIpc) is 3.52. The van der Waals surface area contributed by atoms with E-state index in [-0.39, 0.29) is 5.95 Å². The van der Waals surface area contributed by atoms with Crippen LogP contribution < -0.4 is 20.9 Å². The van der Waals surface area contributed by atoms with E-state index in [0.717, 1.165) is 16.7 Å². The van der Waals surface area contributed by atoms with Gasteiger partial charge < -0.3 is 30.4 Å². The van der Waals surface area contributed by atoms with E-state index in [1.165, 1.54) is 27.1 Å². The molecule has 2 aromatic rings. The predicted molar refractivity (Wildman–Crippen MR) is 105 cm³/mol. The highest BCUT2D eigenvalue weighted by atomic mass is 16.9. The Morgan fingerprint density at radius 3 is 2.68 bits per heavy atom. The molecule has 0 unspecified atom stereocenters. The second-order valence-electron chi connectivity index (χ2n) is 7.03. The number of fused-ring (bicyclic) bond motifs is 1. The van der Waals surface area contributed by atoms with Gasteiger partial charge in [-0.2, -0.15) is 4.98 Å². The minimum Gasteiger partial charge on any atom is -0.489 e. The van der Waals surface area contributed by atoms with Crippen molar-refractivity contribution >= 4 is 17.8 Å². The van der Waals surface area contributed by atoms with Crippen LogP contribution in [0.3, 0.4) is 0 Å². The number of methoxy groups -OCH3 is 2. The Morgan fingerprint density at radius 2 is 2.00 bits per heavy atom. The number of rotatable bonds is 7. The molecule has 4 N–H and O–H groups in total. The smallest absolute Gasteiger partial charge is 0.348 e. The molecule has 0 spiro atoms. The molecule has 28 heavy (non-hydrogen) atoms. The fourth-order valence-electron chi connectivity index (χ4n) is 3.08. The third-order valence-corrected chi connectivity index (χ3v) is 4.91. The van der Waals surface area contributed by atoms with E-state index in [9.17, 15) is 0 Å². The van der Waals surface area contributed by atoms with Gasteiger partial charge in [-0.3, -0.25) is 0 Å². The van der Waals surface area contributed by atoms with Crippen molar-refractivity contribution in [2.24, 2.45) is 5.92 Å². The average molecular weight is 384 g/mol. The lowest BCUT2D eigenvalue weighted by molar-refractivity contribution is -0.288. The normalized spacial score (nSPS) is 17.1. The largest absolute Gasteiger partial charge is 0.489 e. The van der Waals surface area contributed by atoms with Gasteiger partial charge in [-0.1, -0.05) is 0 Å². The van der Waals surface area contributed by atoms with E-state index >= 15 is 0 Å². The van der Waals surface area contributed by atoms with Gasteiger partial charge in [0.2, 0.25) is 5.95 Å². The third kappa shape index (κ3) is 3.74. The number of benzene rings is 1. The van der Waals surface area contributed by atoms with Crippen molar-refractivity contribution in [3.63, 3.8) is 0 Å². The summed E-state index contributed by atoms with van der Waals surface area (Å²) >= 11 is 0. The molecule has 1 fully saturated rings. The molecule has 8 nitrogen and oxygen atoms in total. The Bertz CT molecular complexity index is 907. The molecule has 148 valence electrons. The molecule has 0 saturated heterocycles. The molecule has 1 aliphatic carbocycles. The second-order valence-corrected chi connectivity index (χ2v) is 7.03. The highest BCUT2D eigenvalue weighted by Gasteiger charge is 2.35. The number of nitrogens with zero attached hydrogens (tertiary/aromatic N) is 2. The summed E-state index contributed by atoms with van der Waals surface area (Å²) in [7, 11) is 3.06. The first-order valence-corrected chi connectivity index (χ1v) is 9.17. The minimum atomic E-state index is -1.26. The molecule has 1 saturated carbocycles. The Labute approximate surface area is 163 Å². The molecule has 0 amide bonds. The lowest BCUT2D eigenvalue weighted by atomic mass is 10.0. The van der Waals surface area contributed by atoms with Crippen molar-refractivity contribution in [2.45, 2.75) is 25.2 Å². The van der Waals surface area contributed by atoms with Gasteiger partial charge in [-0.05, 0) is 42.5 Å². The fourth-order valence-corrected chi connectivity index (χ4v) is 3.08. The highest BCUT2D eigenvalue weighted by molar-refractivity contribution is 5.66. The Kier molecular flexibility index (Phi) is 4.82. The highest BCUT2D eigenvalue weighted by Crippen LogP contribution is 2.42. The topological polar surface area (TPSA) is 115 Å². The first kappa shape index (κ1) is 18.5. The molecular weight excluding hydrogens is 360 g/mol. The predicted octanol–water partition coefficient (Wildman–Crippen LogP) is 2.37. The van der Waals surface area contributed by atoms with Crippen LogP contribution in [0, 0.1) is 5.92 Å². The van der Waals surface area contributed by atoms with Crippen LogP contribution in [0.2, 0.25) is 0 Å². The molecule has 4 rings (SSSR count). The molecule has 2 aliphatic rings. The van der Waals surface area contributed by atoms with Gasteiger partial charge in [-0.15, -0.1) is 0 Å². The Balaban J connectivity index is 1.68. The Hall–Kier alpha value is -2.84. The zero-order chi connectivity index (χ0) is 19.7. The number of anilines is 2. The summed E-state index contributed by atoms with van der Waals surface area (Å²) in [6.45, 7) is 0.656. The number of aromatic nitrogens is 2. The molecule has 0 radical (unpaired) electrons. The monoisotopic (exact) mass is 384 g/mol. The zero-order valence-corrected chi connectivity index (χ0v) is 16.0. The van der Waals surface area contributed by atoms with Crippen molar-refractivity contribution in [2.75, 3.05) is 32.3 Å². The maximum absolute atomic E-state index is 6.09. The molecule has 8 heteroatoms. The molecule has 0 atom stereocenters. The SMILES string of the molecule is COC1(OC)C=Cc2cc(Cc3cnc(N)nc3N)cc(OCC3CC3)c2O1. The molecule has 1 aromatic carbocycles. The van der Waals surface area contributed by atoms with Crippen molar-refractivity contribution in [1.29, 1.82) is 0 Å². The molecular formula is C20H24N4O4. The maximum Gasteiger partial charge on any atom is 0.348 e. The van der Waals surface area contributed by atoms with E-state index in [1.807, 2.05) is 18.2 Å². The van der Waals surface area contributed by atoms with Gasteiger partial charge in [0.25, 0.3) is 0 Å². The van der Waals surface area contributed by atoms with Gasteiger partial charge in [0, 0.05) is 44.0 Å². The molecule has 1 aliphatic heterocycles. The summed E-state index contributed by atoms with van der Waals surface area (Å²) in [6, 6.07) is 3.97. The summed E-state index contributed by atoms with van der Waals surface area (Å²) in [5, 5.41) is 0. The number of hydrogen-bond acceptors (Lipinski definition) is 8. The first-order chi connectivity index (χ1) is 13.5. The molecule has 0 bridgehead atoms. The van der Waals surface area contributed by atoms with Crippen LogP contribution in [-0.4, -0.2) is 36.8 Å². The second kappa shape index (κ2) is 7.29. The van der Waals surface area contributed by atoms with Crippen LogP contribution in [0.4, 0.5) is 11.8 Å². The van der Waals surface area contributed by atoms with E-state index in [0.29, 0.717) is 36.3 Å². The van der Waals surface area contributed by atoms with Crippen molar-refractivity contribution in [1.82, 2.24) is 9.97 Å². The van der Waals surface area contributed by atoms with Gasteiger partial charge in [0.15, 0.2) is 11.5 Å². The van der Waals surface area contributed by atoms with E-state index < -0.39 is 5.97 Å². The van der Waals surface area contributed by atoms with Crippen molar-refractivity contribution in [3.05, 3.63) is 41.1 Å². The van der Waals surface area contributed by atoms with Crippen LogP contribution in [0.15, 0.2) is 24.4 Å². The van der Waals surface area contributed by atoms with Crippen LogP contribution in [-0.2, 0) is 15.9 Å². The standard InChI is InChI=1S/C20H24N4O4/c1-25-20(26-2)6-5-14-7-13(8-15-10-23-19(22)24-18(15)21)9-16(17(14)28-20)27-11-12-3-4-12/h5-7,9-10,12H,3-4,8,11H2,1-2H3,(H4,21,22,23,24). The molecule has 2 heterocycles. The summed E-state index contributed by atoms with van der Waals surface area (Å²) in [5.74, 6) is 1.12. The van der Waals surface area contributed by atoms with Gasteiger partial charge in [0.1, 0.15) is 5.82 Å². The van der Waals surface area contributed by atoms with Crippen LogP contribution in [0.25, 0.3) is 6.08 Å². The van der Waals surface area contributed by atoms with Crippen molar-refractivity contribution < 1.29 is 18.9 Å². The van der Waals surface area contributed by atoms with E-state index in [1.54, 1.807) is 12.3 Å². The lowest BCUT2D eigenvalue weighted by Gasteiger charge is -2.32. The number of hydrogen-bond donors (Lipinski definition) is 2. The van der Waals surface area contributed by atoms with Crippen LogP contribution >= 0.6 is 0 Å². The van der Waals surface area contributed by atoms with E-state index in [4.69, 9.17) is 30.4 Å². The lowest BCUT2D eigenvalue weighted by Crippen LogP contribution is -2.39.